The van der Waals surface area contributed by atoms with Gasteiger partial charge in [-0.25, -0.2) is 4.98 Å². The summed E-state index contributed by atoms with van der Waals surface area (Å²) >= 11 is 0. The predicted octanol–water partition coefficient (Wildman–Crippen LogP) is 1.53. The highest BCUT2D eigenvalue weighted by Crippen LogP contribution is 2.35. The molecule has 1 fully saturated rings. The Labute approximate surface area is 184 Å². The molecule has 0 N–H and O–H groups in total. The van der Waals surface area contributed by atoms with Crippen molar-refractivity contribution in [2.45, 2.75) is 38.3 Å². The fourth-order valence-electron chi connectivity index (χ4n) is 5.49. The average Bonchev–Trinajstić information content (AvgIpc) is 3.27. The number of hydrogen-bond acceptors (Lipinski definition) is 5. The maximum atomic E-state index is 12.9. The smallest absolute Gasteiger partial charge is 0.261 e. The molecule has 0 saturated carbocycles. The summed E-state index contributed by atoms with van der Waals surface area (Å²) in [5.74, 6) is 1.71. The number of piperidine rings is 1. The summed E-state index contributed by atoms with van der Waals surface area (Å²) in [6.45, 7) is 2.51. The SMILES string of the molecule is O=C(COc1ccc2nc3n(c(=O)c2c1)CCC3)N1CC2CC(C1)c1cccc(=O)n1C2. The molecule has 1 amide bonds. The standard InChI is InChI=1S/C24H24N4O4/c29-22-5-1-3-20-16-9-15(12-28(20)22)11-26(13-16)23(30)14-32-17-6-7-19-18(10-17)24(31)27-8-2-4-21(27)25-19/h1,3,5-7,10,15-16H,2,4,8-9,11-14H2. The topological polar surface area (TPSA) is 86.4 Å². The molecule has 1 saturated heterocycles. The van der Waals surface area contributed by atoms with Crippen LogP contribution in [0.1, 0.15) is 30.3 Å². The summed E-state index contributed by atoms with van der Waals surface area (Å²) in [5.41, 5.74) is 1.67. The second kappa shape index (κ2) is 7.32. The van der Waals surface area contributed by atoms with E-state index in [1.54, 1.807) is 34.9 Å². The van der Waals surface area contributed by atoms with E-state index >= 15 is 0 Å². The Morgan fingerprint density at radius 2 is 2.00 bits per heavy atom. The van der Waals surface area contributed by atoms with E-state index in [4.69, 9.17) is 4.74 Å². The van der Waals surface area contributed by atoms with Gasteiger partial charge in [-0.05, 0) is 43.0 Å². The fourth-order valence-corrected chi connectivity index (χ4v) is 5.49. The van der Waals surface area contributed by atoms with Crippen LogP contribution >= 0.6 is 0 Å². The number of hydrogen-bond donors (Lipinski definition) is 0. The van der Waals surface area contributed by atoms with E-state index in [2.05, 4.69) is 4.98 Å². The molecule has 0 radical (unpaired) electrons. The van der Waals surface area contributed by atoms with Crippen molar-refractivity contribution in [2.24, 2.45) is 5.92 Å². The van der Waals surface area contributed by atoms with E-state index in [0.717, 1.165) is 30.8 Å². The van der Waals surface area contributed by atoms with Crippen molar-refractivity contribution in [3.05, 3.63) is 68.6 Å². The van der Waals surface area contributed by atoms with Crippen molar-refractivity contribution in [3.63, 3.8) is 0 Å². The summed E-state index contributed by atoms with van der Waals surface area (Å²) in [5, 5.41) is 0.523. The number of carbonyl (C=O) groups excluding carboxylic acids is 1. The molecule has 6 rings (SSSR count). The third kappa shape index (κ3) is 3.13. The van der Waals surface area contributed by atoms with Crippen LogP contribution < -0.4 is 15.9 Å². The second-order valence-corrected chi connectivity index (χ2v) is 9.05. The van der Waals surface area contributed by atoms with Gasteiger partial charge >= 0.3 is 0 Å². The first kappa shape index (κ1) is 19.3. The van der Waals surface area contributed by atoms with Gasteiger partial charge in [0.2, 0.25) is 0 Å². The van der Waals surface area contributed by atoms with Crippen LogP contribution in [0.4, 0.5) is 0 Å². The van der Waals surface area contributed by atoms with Crippen LogP contribution in [0.25, 0.3) is 10.9 Å². The number of amides is 1. The van der Waals surface area contributed by atoms with Gasteiger partial charge in [0.25, 0.3) is 17.0 Å². The molecule has 164 valence electrons. The number of pyridine rings is 1. The minimum absolute atomic E-state index is 0.0349. The first-order chi connectivity index (χ1) is 15.6. The van der Waals surface area contributed by atoms with Gasteiger partial charge in [-0.15, -0.1) is 0 Å². The van der Waals surface area contributed by atoms with Crippen LogP contribution in [0.15, 0.2) is 46.0 Å². The Morgan fingerprint density at radius 1 is 1.09 bits per heavy atom. The Balaban J connectivity index is 1.18. The Hall–Kier alpha value is -3.42. The Kier molecular flexibility index (Phi) is 4.41. The lowest BCUT2D eigenvalue weighted by Gasteiger charge is -2.42. The van der Waals surface area contributed by atoms with Gasteiger partial charge in [-0.2, -0.15) is 0 Å². The summed E-state index contributed by atoms with van der Waals surface area (Å²) in [7, 11) is 0. The average molecular weight is 432 g/mol. The number of ether oxygens (including phenoxy) is 1. The van der Waals surface area contributed by atoms with Gasteiger partial charge in [0.05, 0.1) is 10.9 Å². The quantitative estimate of drug-likeness (QED) is 0.627. The lowest BCUT2D eigenvalue weighted by atomic mass is 9.83. The van der Waals surface area contributed by atoms with E-state index in [1.807, 2.05) is 15.5 Å². The number of benzene rings is 1. The Morgan fingerprint density at radius 3 is 2.91 bits per heavy atom. The summed E-state index contributed by atoms with van der Waals surface area (Å²) in [6, 6.07) is 10.6. The van der Waals surface area contributed by atoms with Crippen molar-refractivity contribution < 1.29 is 9.53 Å². The second-order valence-electron chi connectivity index (χ2n) is 9.05. The number of aryl methyl sites for hydroxylation is 1. The third-order valence-corrected chi connectivity index (χ3v) is 6.98. The molecule has 8 nitrogen and oxygen atoms in total. The lowest BCUT2D eigenvalue weighted by Crippen LogP contribution is -2.50. The third-order valence-electron chi connectivity index (χ3n) is 6.98. The molecule has 2 atom stereocenters. The minimum Gasteiger partial charge on any atom is -0.484 e. The van der Waals surface area contributed by atoms with Crippen molar-refractivity contribution in [2.75, 3.05) is 19.7 Å². The molecule has 0 aliphatic carbocycles. The molecule has 2 aromatic heterocycles. The number of likely N-dealkylation sites (tertiary alicyclic amines) is 1. The van der Waals surface area contributed by atoms with E-state index in [-0.39, 0.29) is 35.5 Å². The molecule has 5 heterocycles. The summed E-state index contributed by atoms with van der Waals surface area (Å²) in [4.78, 5) is 44.3. The van der Waals surface area contributed by atoms with Crippen molar-refractivity contribution in [1.82, 2.24) is 19.0 Å². The van der Waals surface area contributed by atoms with Gasteiger partial charge in [0.1, 0.15) is 11.6 Å². The normalized spacial score (nSPS) is 21.3. The van der Waals surface area contributed by atoms with Crippen molar-refractivity contribution >= 4 is 16.8 Å². The zero-order chi connectivity index (χ0) is 21.8. The molecule has 32 heavy (non-hydrogen) atoms. The maximum absolute atomic E-state index is 12.9. The molecule has 1 aromatic carbocycles. The molecule has 0 spiro atoms. The van der Waals surface area contributed by atoms with Gasteiger partial charge in [-0.1, -0.05) is 6.07 Å². The molecule has 3 aromatic rings. The monoisotopic (exact) mass is 432 g/mol. The number of rotatable bonds is 3. The highest BCUT2D eigenvalue weighted by atomic mass is 16.5. The van der Waals surface area contributed by atoms with Gasteiger partial charge in [0, 0.05) is 50.3 Å². The highest BCUT2D eigenvalue weighted by molar-refractivity contribution is 5.80. The summed E-state index contributed by atoms with van der Waals surface area (Å²) in [6.07, 6.45) is 2.77. The van der Waals surface area contributed by atoms with Crippen LogP contribution in [-0.4, -0.2) is 44.6 Å². The number of aromatic nitrogens is 3. The van der Waals surface area contributed by atoms with Crippen molar-refractivity contribution in [1.29, 1.82) is 0 Å². The van der Waals surface area contributed by atoms with E-state index < -0.39 is 0 Å². The molecule has 2 bridgehead atoms. The van der Waals surface area contributed by atoms with Crippen LogP contribution in [0.3, 0.4) is 0 Å². The minimum atomic E-state index is -0.0771. The zero-order valence-corrected chi connectivity index (χ0v) is 17.7. The molecular formula is C24H24N4O4. The van der Waals surface area contributed by atoms with Crippen LogP contribution in [0.2, 0.25) is 0 Å². The lowest BCUT2D eigenvalue weighted by molar-refractivity contribution is -0.136. The van der Waals surface area contributed by atoms with Crippen LogP contribution in [0, 0.1) is 5.92 Å². The number of nitrogens with zero attached hydrogens (tertiary/aromatic N) is 4. The summed E-state index contributed by atoms with van der Waals surface area (Å²) < 4.78 is 9.38. The number of fused-ring (bicyclic) bond motifs is 6. The molecule has 8 heteroatoms. The fraction of sp³-hybridized carbons (Fsp3) is 0.417. The highest BCUT2D eigenvalue weighted by Gasteiger charge is 2.36. The van der Waals surface area contributed by atoms with Gasteiger partial charge < -0.3 is 14.2 Å². The van der Waals surface area contributed by atoms with E-state index in [1.165, 1.54) is 0 Å². The zero-order valence-electron chi connectivity index (χ0n) is 17.7. The van der Waals surface area contributed by atoms with Gasteiger partial charge in [-0.3, -0.25) is 19.0 Å². The molecule has 3 aliphatic heterocycles. The molecule has 3 aliphatic rings. The van der Waals surface area contributed by atoms with Crippen LogP contribution in [0.5, 0.6) is 5.75 Å². The van der Waals surface area contributed by atoms with E-state index in [9.17, 15) is 14.4 Å². The maximum Gasteiger partial charge on any atom is 0.261 e. The van der Waals surface area contributed by atoms with Gasteiger partial charge in [0.15, 0.2) is 6.61 Å². The largest absolute Gasteiger partial charge is 0.484 e. The predicted molar refractivity (Wildman–Crippen MR) is 118 cm³/mol. The van der Waals surface area contributed by atoms with Crippen molar-refractivity contribution in [3.8, 4) is 5.75 Å². The molecule has 2 unspecified atom stereocenters. The van der Waals surface area contributed by atoms with Crippen LogP contribution in [-0.2, 0) is 24.3 Å². The Bertz CT molecular complexity index is 1360. The first-order valence-corrected chi connectivity index (χ1v) is 11.2. The number of carbonyl (C=O) groups is 1. The molecular weight excluding hydrogens is 408 g/mol. The van der Waals surface area contributed by atoms with E-state index in [0.29, 0.717) is 42.8 Å². The first-order valence-electron chi connectivity index (χ1n) is 11.2.